The van der Waals surface area contributed by atoms with Crippen LogP contribution in [0.1, 0.15) is 25.3 Å². The Kier molecular flexibility index (Phi) is 6.35. The van der Waals surface area contributed by atoms with Gasteiger partial charge in [0.2, 0.25) is 0 Å². The van der Waals surface area contributed by atoms with Crippen molar-refractivity contribution < 1.29 is 19.1 Å². The van der Waals surface area contributed by atoms with E-state index in [4.69, 9.17) is 21.1 Å². The summed E-state index contributed by atoms with van der Waals surface area (Å²) in [6, 6.07) is 7.44. The smallest absolute Gasteiger partial charge is 0.174 e. The second-order valence-corrected chi connectivity index (χ2v) is 6.32. The molecular formula is C19H21ClO4. The van der Waals surface area contributed by atoms with Crippen LogP contribution in [-0.4, -0.2) is 23.7 Å². The number of Topliss-reactive ketones (excluding diaryl/α,β-unsaturated/α-hetero) is 2. The molecule has 0 amide bonds. The molecule has 1 aromatic rings. The standard InChI is InChI=1S/C19H21ClO4/c1-14(21)6-11-18(22)17-5-3-4-12-19(17,20)24-13-15-7-9-16(23-2)10-8-15/h3-5,7-10,12,17H,6,11,13H2,1-2H3. The Hall–Kier alpha value is -1.91. The number of carbonyl (C=O) groups is 2. The lowest BCUT2D eigenvalue weighted by atomic mass is 9.90. The van der Waals surface area contributed by atoms with E-state index in [2.05, 4.69) is 0 Å². The van der Waals surface area contributed by atoms with Crippen molar-refractivity contribution in [2.45, 2.75) is 31.4 Å². The first-order chi connectivity index (χ1) is 11.4. The molecule has 5 heteroatoms. The lowest BCUT2D eigenvalue weighted by molar-refractivity contribution is -0.129. The number of alkyl halides is 1. The lowest BCUT2D eigenvalue weighted by Crippen LogP contribution is -2.38. The van der Waals surface area contributed by atoms with E-state index in [-0.39, 0.29) is 31.0 Å². The van der Waals surface area contributed by atoms with Gasteiger partial charge in [-0.1, -0.05) is 42.0 Å². The van der Waals surface area contributed by atoms with Crippen LogP contribution < -0.4 is 4.74 Å². The van der Waals surface area contributed by atoms with Crippen molar-refractivity contribution in [2.24, 2.45) is 5.92 Å². The largest absolute Gasteiger partial charge is 0.497 e. The molecule has 4 nitrogen and oxygen atoms in total. The molecule has 2 atom stereocenters. The van der Waals surface area contributed by atoms with Crippen LogP contribution in [0.3, 0.4) is 0 Å². The van der Waals surface area contributed by atoms with Gasteiger partial charge in [-0.3, -0.25) is 4.79 Å². The fraction of sp³-hybridized carbons (Fsp3) is 0.368. The van der Waals surface area contributed by atoms with Crippen molar-refractivity contribution in [2.75, 3.05) is 7.11 Å². The first-order valence-corrected chi connectivity index (χ1v) is 8.16. The summed E-state index contributed by atoms with van der Waals surface area (Å²) < 4.78 is 11.0. The van der Waals surface area contributed by atoms with Gasteiger partial charge in [-0.25, -0.2) is 0 Å². The van der Waals surface area contributed by atoms with Crippen LogP contribution in [0, 0.1) is 5.92 Å². The molecule has 0 heterocycles. The minimum atomic E-state index is -1.23. The molecule has 24 heavy (non-hydrogen) atoms. The number of hydrogen-bond donors (Lipinski definition) is 0. The van der Waals surface area contributed by atoms with Crippen LogP contribution >= 0.6 is 11.6 Å². The van der Waals surface area contributed by atoms with Crippen LogP contribution in [0.4, 0.5) is 0 Å². The zero-order valence-corrected chi connectivity index (χ0v) is 14.6. The fourth-order valence-electron chi connectivity index (χ4n) is 2.43. The third kappa shape index (κ3) is 4.79. The van der Waals surface area contributed by atoms with E-state index >= 15 is 0 Å². The molecular weight excluding hydrogens is 328 g/mol. The Balaban J connectivity index is 2.03. The van der Waals surface area contributed by atoms with Crippen LogP contribution in [0.2, 0.25) is 0 Å². The van der Waals surface area contributed by atoms with E-state index in [9.17, 15) is 9.59 Å². The van der Waals surface area contributed by atoms with Gasteiger partial charge in [0, 0.05) is 12.8 Å². The van der Waals surface area contributed by atoms with Crippen LogP contribution in [0.25, 0.3) is 0 Å². The number of methoxy groups -OCH3 is 1. The predicted octanol–water partition coefficient (Wildman–Crippen LogP) is 3.83. The van der Waals surface area contributed by atoms with Gasteiger partial charge in [-0.05, 0) is 30.7 Å². The molecule has 0 saturated carbocycles. The minimum Gasteiger partial charge on any atom is -0.497 e. The van der Waals surface area contributed by atoms with Gasteiger partial charge in [0.05, 0.1) is 19.6 Å². The van der Waals surface area contributed by atoms with Crippen molar-refractivity contribution in [3.63, 3.8) is 0 Å². The number of hydrogen-bond acceptors (Lipinski definition) is 4. The summed E-state index contributed by atoms with van der Waals surface area (Å²) in [4.78, 5) is 23.5. The molecule has 2 unspecified atom stereocenters. The number of carbonyl (C=O) groups excluding carboxylic acids is 2. The topological polar surface area (TPSA) is 52.6 Å². The number of allylic oxidation sites excluding steroid dienone is 2. The first-order valence-electron chi connectivity index (χ1n) is 7.78. The molecule has 0 aliphatic heterocycles. The van der Waals surface area contributed by atoms with E-state index in [1.165, 1.54) is 6.92 Å². The molecule has 128 valence electrons. The zero-order valence-electron chi connectivity index (χ0n) is 13.8. The number of ketones is 2. The highest BCUT2D eigenvalue weighted by atomic mass is 35.5. The molecule has 0 N–H and O–H groups in total. The van der Waals surface area contributed by atoms with Gasteiger partial charge in [0.15, 0.2) is 5.06 Å². The maximum Gasteiger partial charge on any atom is 0.174 e. The predicted molar refractivity (Wildman–Crippen MR) is 93.1 cm³/mol. The summed E-state index contributed by atoms with van der Waals surface area (Å²) in [5.41, 5.74) is 0.925. The SMILES string of the molecule is COc1ccc(COC2(Cl)C=CC=CC2C(=O)CCC(C)=O)cc1. The van der Waals surface area contributed by atoms with E-state index < -0.39 is 11.0 Å². The monoisotopic (exact) mass is 348 g/mol. The second kappa shape index (κ2) is 8.27. The maximum absolute atomic E-state index is 12.4. The summed E-state index contributed by atoms with van der Waals surface area (Å²) in [6.45, 7) is 1.74. The van der Waals surface area contributed by atoms with Crippen LogP contribution in [0.15, 0.2) is 48.6 Å². The lowest BCUT2D eigenvalue weighted by Gasteiger charge is -2.32. The van der Waals surface area contributed by atoms with Crippen LogP contribution in [-0.2, 0) is 20.9 Å². The number of benzene rings is 1. The number of ether oxygens (including phenoxy) is 2. The van der Waals surface area contributed by atoms with Gasteiger partial charge in [-0.15, -0.1) is 0 Å². The zero-order chi connectivity index (χ0) is 17.6. The maximum atomic E-state index is 12.4. The van der Waals surface area contributed by atoms with Crippen molar-refractivity contribution in [3.8, 4) is 5.75 Å². The minimum absolute atomic E-state index is 0.0157. The van der Waals surface area contributed by atoms with E-state index in [0.717, 1.165) is 11.3 Å². The molecule has 0 fully saturated rings. The highest BCUT2D eigenvalue weighted by Crippen LogP contribution is 2.35. The summed E-state index contributed by atoms with van der Waals surface area (Å²) in [7, 11) is 1.61. The van der Waals surface area contributed by atoms with Crippen LogP contribution in [0.5, 0.6) is 5.75 Å². The summed E-state index contributed by atoms with van der Waals surface area (Å²) in [6.07, 6.45) is 7.32. The third-order valence-electron chi connectivity index (χ3n) is 3.85. The number of halogens is 1. The van der Waals surface area contributed by atoms with Gasteiger partial charge in [0.25, 0.3) is 0 Å². The molecule has 0 aromatic heterocycles. The molecule has 0 radical (unpaired) electrons. The average molecular weight is 349 g/mol. The summed E-state index contributed by atoms with van der Waals surface area (Å²) >= 11 is 6.57. The average Bonchev–Trinajstić information content (AvgIpc) is 2.58. The fourth-order valence-corrected chi connectivity index (χ4v) is 2.75. The second-order valence-electron chi connectivity index (χ2n) is 5.72. The molecule has 0 bridgehead atoms. The molecule has 1 aromatic carbocycles. The molecule has 1 aliphatic rings. The van der Waals surface area contributed by atoms with E-state index in [0.29, 0.717) is 0 Å². The van der Waals surface area contributed by atoms with Crippen molar-refractivity contribution in [1.29, 1.82) is 0 Å². The van der Waals surface area contributed by atoms with E-state index in [1.807, 2.05) is 24.3 Å². The van der Waals surface area contributed by atoms with Gasteiger partial charge in [0.1, 0.15) is 17.3 Å². The Labute approximate surface area is 147 Å². The van der Waals surface area contributed by atoms with E-state index in [1.54, 1.807) is 31.4 Å². The highest BCUT2D eigenvalue weighted by Gasteiger charge is 2.39. The van der Waals surface area contributed by atoms with Gasteiger partial charge in [-0.2, -0.15) is 0 Å². The molecule has 1 aliphatic carbocycles. The van der Waals surface area contributed by atoms with Crippen molar-refractivity contribution >= 4 is 23.2 Å². The van der Waals surface area contributed by atoms with Gasteiger partial charge < -0.3 is 14.3 Å². The van der Waals surface area contributed by atoms with Crippen molar-refractivity contribution in [1.82, 2.24) is 0 Å². The third-order valence-corrected chi connectivity index (χ3v) is 4.32. The summed E-state index contributed by atoms with van der Waals surface area (Å²) in [5.74, 6) is 0.0346. The molecule has 2 rings (SSSR count). The summed E-state index contributed by atoms with van der Waals surface area (Å²) in [5, 5.41) is -1.23. The highest BCUT2D eigenvalue weighted by molar-refractivity contribution is 6.26. The number of rotatable bonds is 8. The Morgan fingerprint density at radius 2 is 1.88 bits per heavy atom. The Bertz CT molecular complexity index is 648. The first kappa shape index (κ1) is 18.4. The Morgan fingerprint density at radius 1 is 1.17 bits per heavy atom. The normalized spacial score (nSPS) is 22.4. The van der Waals surface area contributed by atoms with Gasteiger partial charge >= 0.3 is 0 Å². The molecule has 0 spiro atoms. The Morgan fingerprint density at radius 3 is 2.50 bits per heavy atom. The quantitative estimate of drug-likeness (QED) is 0.670. The molecule has 0 saturated heterocycles. The van der Waals surface area contributed by atoms with Crippen molar-refractivity contribution in [3.05, 3.63) is 54.1 Å².